The minimum Gasteiger partial charge on any atom is -0.497 e. The maximum atomic E-state index is 13.2. The maximum Gasteiger partial charge on any atom is 0.246 e. The Balaban J connectivity index is 1.12. The molecule has 2 aliphatic rings. The zero-order valence-corrected chi connectivity index (χ0v) is 20.3. The minimum atomic E-state index is 0.0195. The van der Waals surface area contributed by atoms with Crippen molar-refractivity contribution in [2.45, 2.75) is 31.6 Å². The van der Waals surface area contributed by atoms with Crippen molar-refractivity contribution in [2.75, 3.05) is 33.3 Å². The quantitative estimate of drug-likeness (QED) is 0.542. The predicted molar refractivity (Wildman–Crippen MR) is 138 cm³/mol. The second kappa shape index (κ2) is 10.4. The standard InChI is InChI=1S/C29H33N3O3/c1-35-24-8-9-27-25(19-24)26(20-30-27)22-11-17-32(18-12-22)29(34)23-13-15-31(16-14-23)28(33)10-7-21-5-3-2-4-6-21/h2-10,19-20,22-23,30H,11-18H2,1H3/b10-7+. The van der Waals surface area contributed by atoms with Gasteiger partial charge in [-0.15, -0.1) is 0 Å². The number of piperidine rings is 2. The van der Waals surface area contributed by atoms with Crippen LogP contribution in [0.2, 0.25) is 0 Å². The highest BCUT2D eigenvalue weighted by atomic mass is 16.5. The number of benzene rings is 2. The summed E-state index contributed by atoms with van der Waals surface area (Å²) in [7, 11) is 1.69. The maximum absolute atomic E-state index is 13.2. The number of fused-ring (bicyclic) bond motifs is 1. The number of H-pyrrole nitrogens is 1. The lowest BCUT2D eigenvalue weighted by molar-refractivity contribution is -0.140. The lowest BCUT2D eigenvalue weighted by Gasteiger charge is -2.37. The van der Waals surface area contributed by atoms with Gasteiger partial charge in [-0.25, -0.2) is 0 Å². The summed E-state index contributed by atoms with van der Waals surface area (Å²) in [5.74, 6) is 1.61. The number of carbonyl (C=O) groups is 2. The summed E-state index contributed by atoms with van der Waals surface area (Å²) in [5.41, 5.74) is 3.46. The Morgan fingerprint density at radius 3 is 2.37 bits per heavy atom. The molecule has 1 N–H and O–H groups in total. The monoisotopic (exact) mass is 471 g/mol. The molecule has 1 aromatic heterocycles. The van der Waals surface area contributed by atoms with Gasteiger partial charge in [0.05, 0.1) is 7.11 Å². The Morgan fingerprint density at radius 2 is 1.66 bits per heavy atom. The highest BCUT2D eigenvalue weighted by molar-refractivity contribution is 5.92. The second-order valence-corrected chi connectivity index (χ2v) is 9.60. The van der Waals surface area contributed by atoms with Crippen LogP contribution in [0.1, 0.15) is 42.7 Å². The van der Waals surface area contributed by atoms with Gasteiger partial charge in [0, 0.05) is 55.3 Å². The molecule has 35 heavy (non-hydrogen) atoms. The first-order chi connectivity index (χ1) is 17.1. The van der Waals surface area contributed by atoms with Crippen molar-refractivity contribution in [1.82, 2.24) is 14.8 Å². The number of methoxy groups -OCH3 is 1. The minimum absolute atomic E-state index is 0.0195. The molecule has 3 aromatic rings. The van der Waals surface area contributed by atoms with Crippen LogP contribution >= 0.6 is 0 Å². The molecule has 2 saturated heterocycles. The molecule has 2 aromatic carbocycles. The van der Waals surface area contributed by atoms with Gasteiger partial charge in [-0.05, 0) is 67.0 Å². The Labute approximate surface area is 206 Å². The van der Waals surface area contributed by atoms with Gasteiger partial charge in [0.25, 0.3) is 0 Å². The topological polar surface area (TPSA) is 65.6 Å². The Morgan fingerprint density at radius 1 is 0.943 bits per heavy atom. The molecule has 0 aliphatic carbocycles. The van der Waals surface area contributed by atoms with Gasteiger partial charge in [-0.2, -0.15) is 0 Å². The zero-order valence-electron chi connectivity index (χ0n) is 20.3. The van der Waals surface area contributed by atoms with Gasteiger partial charge in [-0.3, -0.25) is 9.59 Å². The van der Waals surface area contributed by atoms with Gasteiger partial charge in [-0.1, -0.05) is 30.3 Å². The Bertz CT molecular complexity index is 1200. The number of carbonyl (C=O) groups excluding carboxylic acids is 2. The average molecular weight is 472 g/mol. The van der Waals surface area contributed by atoms with Crippen molar-refractivity contribution >= 4 is 28.8 Å². The van der Waals surface area contributed by atoms with Gasteiger partial charge < -0.3 is 19.5 Å². The van der Waals surface area contributed by atoms with E-state index < -0.39 is 0 Å². The van der Waals surface area contributed by atoms with E-state index >= 15 is 0 Å². The molecule has 2 aliphatic heterocycles. The SMILES string of the molecule is COc1ccc2[nH]cc(C3CCN(C(=O)C4CCN(C(=O)/C=C/c5ccccc5)CC4)CC3)c2c1. The number of nitrogens with zero attached hydrogens (tertiary/aromatic N) is 2. The predicted octanol–water partition coefficient (Wildman–Crippen LogP) is 4.83. The second-order valence-electron chi connectivity index (χ2n) is 9.60. The molecular formula is C29H33N3O3. The number of amides is 2. The van der Waals surface area contributed by atoms with E-state index in [1.54, 1.807) is 13.2 Å². The van der Waals surface area contributed by atoms with Crippen LogP contribution in [0.4, 0.5) is 0 Å². The third-order valence-corrected chi connectivity index (χ3v) is 7.54. The molecule has 2 fully saturated rings. The summed E-state index contributed by atoms with van der Waals surface area (Å²) >= 11 is 0. The van der Waals surface area contributed by atoms with E-state index in [0.29, 0.717) is 19.0 Å². The highest BCUT2D eigenvalue weighted by Gasteiger charge is 2.32. The van der Waals surface area contributed by atoms with Crippen molar-refractivity contribution in [2.24, 2.45) is 5.92 Å². The number of hydrogen-bond donors (Lipinski definition) is 1. The van der Waals surface area contributed by atoms with E-state index in [0.717, 1.165) is 55.6 Å². The van der Waals surface area contributed by atoms with Gasteiger partial charge >= 0.3 is 0 Å². The lowest BCUT2D eigenvalue weighted by Crippen LogP contribution is -2.46. The van der Waals surface area contributed by atoms with Crippen LogP contribution in [0.25, 0.3) is 17.0 Å². The number of aromatic nitrogens is 1. The lowest BCUT2D eigenvalue weighted by atomic mass is 9.87. The van der Waals surface area contributed by atoms with Crippen LogP contribution in [-0.4, -0.2) is 59.9 Å². The number of likely N-dealkylation sites (tertiary alicyclic amines) is 2. The van der Waals surface area contributed by atoms with Crippen LogP contribution in [0.3, 0.4) is 0 Å². The third kappa shape index (κ3) is 5.11. The molecule has 2 amide bonds. The molecule has 0 spiro atoms. The van der Waals surface area contributed by atoms with Crippen LogP contribution in [0.5, 0.6) is 5.75 Å². The summed E-state index contributed by atoms with van der Waals surface area (Å²) < 4.78 is 5.41. The molecule has 5 rings (SSSR count). The fraction of sp³-hybridized carbons (Fsp3) is 0.379. The van der Waals surface area contributed by atoms with Crippen LogP contribution < -0.4 is 4.74 Å². The van der Waals surface area contributed by atoms with Gasteiger partial charge in [0.15, 0.2) is 0 Å². The van der Waals surface area contributed by atoms with Crippen LogP contribution in [-0.2, 0) is 9.59 Å². The molecule has 0 saturated carbocycles. The summed E-state index contributed by atoms with van der Waals surface area (Å²) in [6.45, 7) is 2.86. The third-order valence-electron chi connectivity index (χ3n) is 7.54. The van der Waals surface area contributed by atoms with Crippen molar-refractivity contribution in [3.8, 4) is 5.75 Å². The Kier molecular flexibility index (Phi) is 6.89. The first kappa shape index (κ1) is 23.2. The summed E-state index contributed by atoms with van der Waals surface area (Å²) in [4.78, 5) is 33.1. The van der Waals surface area contributed by atoms with Crippen LogP contribution in [0, 0.1) is 5.92 Å². The molecular weight excluding hydrogens is 438 g/mol. The van der Waals surface area contributed by atoms with E-state index in [2.05, 4.69) is 23.3 Å². The fourth-order valence-corrected chi connectivity index (χ4v) is 5.44. The van der Waals surface area contributed by atoms with E-state index in [1.165, 1.54) is 10.9 Å². The van der Waals surface area contributed by atoms with Crippen molar-refractivity contribution in [3.05, 3.63) is 71.9 Å². The molecule has 3 heterocycles. The molecule has 0 bridgehead atoms. The largest absolute Gasteiger partial charge is 0.497 e. The first-order valence-electron chi connectivity index (χ1n) is 12.6. The summed E-state index contributed by atoms with van der Waals surface area (Å²) in [6.07, 6.45) is 9.04. The van der Waals surface area contributed by atoms with E-state index in [9.17, 15) is 9.59 Å². The smallest absolute Gasteiger partial charge is 0.246 e. The molecule has 0 radical (unpaired) electrons. The Hall–Kier alpha value is -3.54. The molecule has 0 unspecified atom stereocenters. The van der Waals surface area contributed by atoms with Gasteiger partial charge in [0.2, 0.25) is 11.8 Å². The van der Waals surface area contributed by atoms with Crippen LogP contribution in [0.15, 0.2) is 60.8 Å². The first-order valence-corrected chi connectivity index (χ1v) is 12.6. The number of rotatable bonds is 5. The molecule has 6 nitrogen and oxygen atoms in total. The fourth-order valence-electron chi connectivity index (χ4n) is 5.44. The van der Waals surface area contributed by atoms with Crippen molar-refractivity contribution < 1.29 is 14.3 Å². The van der Waals surface area contributed by atoms with Gasteiger partial charge in [0.1, 0.15) is 5.75 Å². The number of hydrogen-bond acceptors (Lipinski definition) is 3. The van der Waals surface area contributed by atoms with Crippen molar-refractivity contribution in [3.63, 3.8) is 0 Å². The summed E-state index contributed by atoms with van der Waals surface area (Å²) in [6, 6.07) is 16.0. The summed E-state index contributed by atoms with van der Waals surface area (Å²) in [5, 5.41) is 1.22. The number of nitrogens with one attached hydrogen (secondary N) is 1. The molecule has 0 atom stereocenters. The molecule has 182 valence electrons. The average Bonchev–Trinajstić information content (AvgIpc) is 3.35. The number of aromatic amines is 1. The highest BCUT2D eigenvalue weighted by Crippen LogP contribution is 2.35. The van der Waals surface area contributed by atoms with Crippen molar-refractivity contribution in [1.29, 1.82) is 0 Å². The van der Waals surface area contributed by atoms with E-state index in [-0.39, 0.29) is 17.7 Å². The molecule has 6 heteroatoms. The number of ether oxygens (including phenoxy) is 1. The zero-order chi connectivity index (χ0) is 24.2. The van der Waals surface area contributed by atoms with E-state index in [4.69, 9.17) is 4.74 Å². The van der Waals surface area contributed by atoms with E-state index in [1.807, 2.05) is 52.3 Å². The normalized spacial score (nSPS) is 17.9.